The van der Waals surface area contributed by atoms with Crippen LogP contribution in [0.15, 0.2) is 55.0 Å². The predicted molar refractivity (Wildman–Crippen MR) is 146 cm³/mol. The fourth-order valence-corrected chi connectivity index (χ4v) is 6.16. The van der Waals surface area contributed by atoms with Crippen LogP contribution in [-0.2, 0) is 5.41 Å². The molecule has 5 aromatic rings. The number of piperazine rings is 1. The zero-order chi connectivity index (χ0) is 25.3. The molecule has 1 saturated heterocycles. The van der Waals surface area contributed by atoms with Gasteiger partial charge in [0, 0.05) is 66.0 Å². The summed E-state index contributed by atoms with van der Waals surface area (Å²) in [7, 11) is 0. The first kappa shape index (κ1) is 22.1. The summed E-state index contributed by atoms with van der Waals surface area (Å²) in [6, 6.07) is 11.2. The van der Waals surface area contributed by atoms with Gasteiger partial charge < -0.3 is 15.2 Å². The number of anilines is 1. The molecular weight excluding hydrogens is 477 g/mol. The van der Waals surface area contributed by atoms with E-state index in [2.05, 4.69) is 31.2 Å². The summed E-state index contributed by atoms with van der Waals surface area (Å²) in [6.45, 7) is 3.68. The summed E-state index contributed by atoms with van der Waals surface area (Å²) in [4.78, 5) is 25.4. The Morgan fingerprint density at radius 3 is 2.63 bits per heavy atom. The number of pyridine rings is 2. The summed E-state index contributed by atoms with van der Waals surface area (Å²) < 4.78 is 14.8. The van der Waals surface area contributed by atoms with Crippen LogP contribution in [0.4, 0.5) is 10.2 Å². The largest absolute Gasteiger partial charge is 0.353 e. The molecule has 2 N–H and O–H groups in total. The second-order valence-electron chi connectivity index (χ2n) is 10.9. The van der Waals surface area contributed by atoms with Gasteiger partial charge in [-0.3, -0.25) is 4.98 Å². The molecule has 0 unspecified atom stereocenters. The molecule has 1 aliphatic heterocycles. The van der Waals surface area contributed by atoms with Crippen LogP contribution in [0.3, 0.4) is 0 Å². The molecule has 0 spiro atoms. The molecular formula is C30H28FN7. The molecule has 0 radical (unpaired) electrons. The molecule has 8 rings (SSSR count). The van der Waals surface area contributed by atoms with E-state index < -0.39 is 0 Å². The third-order valence-electron chi connectivity index (χ3n) is 8.48. The van der Waals surface area contributed by atoms with Gasteiger partial charge in [0.1, 0.15) is 17.3 Å². The van der Waals surface area contributed by atoms with Crippen molar-refractivity contribution in [3.63, 3.8) is 0 Å². The highest BCUT2D eigenvalue weighted by Gasteiger charge is 2.48. The lowest BCUT2D eigenvalue weighted by Crippen LogP contribution is -2.44. The standard InChI is InChI=1S/C30H28FN7/c31-23-4-2-1-3-22(23)30(8-9-30)25-15-20-19(7-10-34-27(20)36-25)28-35-24-17-33-16-21(18-5-6-18)26(24)29(37-28)38-13-11-32-12-14-38/h1-4,7,10,15-18,32H,5-6,8-9,11-14H2,(H,34,36). The first-order chi connectivity index (χ1) is 18.7. The van der Waals surface area contributed by atoms with E-state index in [1.165, 1.54) is 18.4 Å². The van der Waals surface area contributed by atoms with Crippen molar-refractivity contribution >= 4 is 27.8 Å². The van der Waals surface area contributed by atoms with E-state index in [9.17, 15) is 4.39 Å². The second kappa shape index (κ2) is 8.30. The number of benzene rings is 1. The van der Waals surface area contributed by atoms with E-state index in [0.29, 0.717) is 11.7 Å². The van der Waals surface area contributed by atoms with Crippen LogP contribution in [0.5, 0.6) is 0 Å². The summed E-state index contributed by atoms with van der Waals surface area (Å²) in [5, 5.41) is 5.56. The van der Waals surface area contributed by atoms with Gasteiger partial charge in [-0.2, -0.15) is 0 Å². The van der Waals surface area contributed by atoms with Crippen molar-refractivity contribution < 1.29 is 4.39 Å². The summed E-state index contributed by atoms with van der Waals surface area (Å²) in [5.41, 5.74) is 5.27. The number of aromatic nitrogens is 5. The SMILES string of the molecule is Fc1ccccc1C1(c2cc3c(-c4nc(N5CCNCC5)c5c(C6CC6)cncc5n4)ccnc3[nH]2)CC1. The van der Waals surface area contributed by atoms with Crippen LogP contribution in [0, 0.1) is 5.82 Å². The van der Waals surface area contributed by atoms with Crippen molar-refractivity contribution in [2.75, 3.05) is 31.1 Å². The number of halogens is 1. The van der Waals surface area contributed by atoms with Crippen molar-refractivity contribution in [1.82, 2.24) is 30.2 Å². The van der Waals surface area contributed by atoms with Crippen LogP contribution >= 0.6 is 0 Å². The number of hydrogen-bond acceptors (Lipinski definition) is 6. The van der Waals surface area contributed by atoms with Crippen molar-refractivity contribution in [3.05, 3.63) is 77.6 Å². The summed E-state index contributed by atoms with van der Waals surface area (Å²) in [6.07, 6.45) is 9.90. The third-order valence-corrected chi connectivity index (χ3v) is 8.48. The lowest BCUT2D eigenvalue weighted by Gasteiger charge is -2.30. The van der Waals surface area contributed by atoms with Crippen LogP contribution in [0.25, 0.3) is 33.3 Å². The molecule has 2 aliphatic carbocycles. The van der Waals surface area contributed by atoms with Gasteiger partial charge in [0.25, 0.3) is 0 Å². The number of rotatable bonds is 5. The average Bonchev–Trinajstić information content (AvgIpc) is 3.90. The molecule has 190 valence electrons. The fourth-order valence-electron chi connectivity index (χ4n) is 6.16. The van der Waals surface area contributed by atoms with E-state index in [-0.39, 0.29) is 11.2 Å². The molecule has 4 aromatic heterocycles. The zero-order valence-corrected chi connectivity index (χ0v) is 21.0. The lowest BCUT2D eigenvalue weighted by atomic mass is 9.92. The number of fused-ring (bicyclic) bond motifs is 2. The Morgan fingerprint density at radius 1 is 1.00 bits per heavy atom. The Hall–Kier alpha value is -3.91. The molecule has 3 fully saturated rings. The smallest absolute Gasteiger partial charge is 0.163 e. The number of nitrogens with zero attached hydrogens (tertiary/aromatic N) is 5. The van der Waals surface area contributed by atoms with E-state index in [4.69, 9.17) is 9.97 Å². The van der Waals surface area contributed by atoms with Gasteiger partial charge in [0.2, 0.25) is 0 Å². The van der Waals surface area contributed by atoms with Crippen LogP contribution < -0.4 is 10.2 Å². The Morgan fingerprint density at radius 2 is 1.84 bits per heavy atom. The van der Waals surface area contributed by atoms with E-state index in [1.54, 1.807) is 18.3 Å². The van der Waals surface area contributed by atoms with Crippen molar-refractivity contribution in [1.29, 1.82) is 0 Å². The van der Waals surface area contributed by atoms with Gasteiger partial charge in [-0.15, -0.1) is 0 Å². The molecule has 1 aromatic carbocycles. The normalized spacial score (nSPS) is 18.8. The van der Waals surface area contributed by atoms with Gasteiger partial charge in [0.05, 0.1) is 11.7 Å². The minimum absolute atomic E-state index is 0.158. The maximum absolute atomic E-state index is 14.8. The predicted octanol–water partition coefficient (Wildman–Crippen LogP) is 5.07. The fraction of sp³-hybridized carbons (Fsp3) is 0.333. The van der Waals surface area contributed by atoms with Gasteiger partial charge in [-0.05, 0) is 60.9 Å². The van der Waals surface area contributed by atoms with Crippen molar-refractivity contribution in [3.8, 4) is 11.4 Å². The number of H-pyrrole nitrogens is 1. The maximum Gasteiger partial charge on any atom is 0.163 e. The molecule has 3 aliphatic rings. The minimum Gasteiger partial charge on any atom is -0.353 e. The van der Waals surface area contributed by atoms with Gasteiger partial charge in [-0.1, -0.05) is 18.2 Å². The topological polar surface area (TPSA) is 82.6 Å². The highest BCUT2D eigenvalue weighted by atomic mass is 19.1. The molecule has 38 heavy (non-hydrogen) atoms. The molecule has 7 nitrogen and oxygen atoms in total. The van der Waals surface area contributed by atoms with Crippen LogP contribution in [0.1, 0.15) is 48.4 Å². The van der Waals surface area contributed by atoms with Crippen LogP contribution in [-0.4, -0.2) is 51.1 Å². The maximum atomic E-state index is 14.8. The zero-order valence-electron chi connectivity index (χ0n) is 21.0. The average molecular weight is 506 g/mol. The first-order valence-electron chi connectivity index (χ1n) is 13.6. The Kier molecular flexibility index (Phi) is 4.83. The molecule has 8 heteroatoms. The highest BCUT2D eigenvalue weighted by molar-refractivity contribution is 5.97. The molecule has 0 atom stereocenters. The van der Waals surface area contributed by atoms with Gasteiger partial charge >= 0.3 is 0 Å². The van der Waals surface area contributed by atoms with E-state index >= 15 is 0 Å². The molecule has 0 amide bonds. The monoisotopic (exact) mass is 505 g/mol. The third kappa shape index (κ3) is 3.43. The van der Waals surface area contributed by atoms with E-state index in [1.807, 2.05) is 30.6 Å². The molecule has 5 heterocycles. The van der Waals surface area contributed by atoms with E-state index in [0.717, 1.165) is 83.6 Å². The Balaban J connectivity index is 1.30. The summed E-state index contributed by atoms with van der Waals surface area (Å²) >= 11 is 0. The molecule has 2 saturated carbocycles. The number of aromatic amines is 1. The van der Waals surface area contributed by atoms with Crippen molar-refractivity contribution in [2.45, 2.75) is 37.0 Å². The second-order valence-corrected chi connectivity index (χ2v) is 10.9. The van der Waals surface area contributed by atoms with Crippen molar-refractivity contribution in [2.24, 2.45) is 0 Å². The Labute approximate surface area is 219 Å². The minimum atomic E-state index is -0.331. The lowest BCUT2D eigenvalue weighted by molar-refractivity contribution is 0.586. The first-order valence-corrected chi connectivity index (χ1v) is 13.6. The number of nitrogens with one attached hydrogen (secondary N) is 2. The van der Waals surface area contributed by atoms with Crippen LogP contribution in [0.2, 0.25) is 0 Å². The Bertz CT molecular complexity index is 1700. The quantitative estimate of drug-likeness (QED) is 0.347. The molecule has 0 bridgehead atoms. The van der Waals surface area contributed by atoms with Gasteiger partial charge in [0.15, 0.2) is 5.82 Å². The number of hydrogen-bond donors (Lipinski definition) is 2. The van der Waals surface area contributed by atoms with Gasteiger partial charge in [-0.25, -0.2) is 19.3 Å². The summed E-state index contributed by atoms with van der Waals surface area (Å²) in [5.74, 6) is 2.07. The highest BCUT2D eigenvalue weighted by Crippen LogP contribution is 2.54.